The number of hydrogen-bond donors (Lipinski definition) is 5. The Bertz CT molecular complexity index is 154. The van der Waals surface area contributed by atoms with Crippen molar-refractivity contribution in [2.24, 2.45) is 5.73 Å². The molecule has 6 heteroatoms. The third-order valence-corrected chi connectivity index (χ3v) is 3.32. The zero-order valence-corrected chi connectivity index (χ0v) is 7.18. The minimum absolute atomic E-state index is 0.285. The van der Waals surface area contributed by atoms with Crippen molar-refractivity contribution in [2.45, 2.75) is 28.9 Å². The van der Waals surface area contributed by atoms with Gasteiger partial charge in [0, 0.05) is 0 Å². The third-order valence-electron chi connectivity index (χ3n) is 1.95. The van der Waals surface area contributed by atoms with Gasteiger partial charge < -0.3 is 26.2 Å². The molecule has 5 nitrogen and oxygen atoms in total. The Morgan fingerprint density at radius 3 is 2.25 bits per heavy atom. The minimum Gasteiger partial charge on any atom is -0.395 e. The van der Waals surface area contributed by atoms with Crippen LogP contribution in [0, 0.1) is 0 Å². The van der Waals surface area contributed by atoms with Gasteiger partial charge in [-0.05, 0) is 0 Å². The Hall–Kier alpha value is 0.150. The summed E-state index contributed by atoms with van der Waals surface area (Å²) < 4.78 is 0. The molecule has 0 aromatic carbocycles. The second-order valence-electron chi connectivity index (χ2n) is 2.81. The first-order valence-electron chi connectivity index (χ1n) is 3.64. The first-order chi connectivity index (χ1) is 5.57. The summed E-state index contributed by atoms with van der Waals surface area (Å²) in [4.78, 5) is 0. The lowest BCUT2D eigenvalue weighted by Crippen LogP contribution is -2.57. The van der Waals surface area contributed by atoms with Crippen molar-refractivity contribution in [3.63, 3.8) is 0 Å². The molecule has 0 radical (unpaired) electrons. The normalized spacial score (nSPS) is 49.2. The van der Waals surface area contributed by atoms with Crippen LogP contribution in [-0.4, -0.2) is 56.0 Å². The summed E-state index contributed by atoms with van der Waals surface area (Å²) in [5, 5.41) is 36.0. The van der Waals surface area contributed by atoms with E-state index < -0.39 is 28.9 Å². The molecule has 0 saturated carbocycles. The van der Waals surface area contributed by atoms with Gasteiger partial charge in [0.15, 0.2) is 0 Å². The highest BCUT2D eigenvalue weighted by Crippen LogP contribution is 2.29. The SMILES string of the molecule is NC1C(O)SC(CO)[C@@H](O)[C@@H]1O. The van der Waals surface area contributed by atoms with Crippen LogP contribution in [0.15, 0.2) is 0 Å². The smallest absolute Gasteiger partial charge is 0.117 e. The predicted molar refractivity (Wildman–Crippen MR) is 44.5 cm³/mol. The highest BCUT2D eigenvalue weighted by Gasteiger charge is 2.41. The molecule has 0 aliphatic carbocycles. The predicted octanol–water partition coefficient (Wildman–Crippen LogP) is -2.54. The highest BCUT2D eigenvalue weighted by atomic mass is 32.2. The zero-order valence-electron chi connectivity index (χ0n) is 6.37. The third kappa shape index (κ3) is 1.73. The largest absolute Gasteiger partial charge is 0.395 e. The Morgan fingerprint density at radius 2 is 1.75 bits per heavy atom. The summed E-state index contributed by atoms with van der Waals surface area (Å²) in [6, 6.07) is -0.854. The molecule has 0 spiro atoms. The van der Waals surface area contributed by atoms with E-state index in [-0.39, 0.29) is 6.61 Å². The molecular weight excluding hydrogens is 182 g/mol. The molecule has 0 aromatic rings. The van der Waals surface area contributed by atoms with Gasteiger partial charge in [-0.1, -0.05) is 0 Å². The van der Waals surface area contributed by atoms with Gasteiger partial charge in [-0.3, -0.25) is 0 Å². The van der Waals surface area contributed by atoms with Crippen LogP contribution in [0.5, 0.6) is 0 Å². The molecule has 3 unspecified atom stereocenters. The maximum Gasteiger partial charge on any atom is 0.117 e. The molecule has 12 heavy (non-hydrogen) atoms. The van der Waals surface area contributed by atoms with Crippen molar-refractivity contribution >= 4 is 11.8 Å². The standard InChI is InChI=1S/C6H13NO4S/c7-3-5(10)4(9)2(1-8)12-6(3)11/h2-6,8-11H,1,7H2/t2?,3?,4-,5-,6?/m1/s1. The fraction of sp³-hybridized carbons (Fsp3) is 1.00. The Kier molecular flexibility index (Phi) is 3.33. The average Bonchev–Trinajstić information content (AvgIpc) is 2.08. The summed E-state index contributed by atoms with van der Waals surface area (Å²) in [5.41, 5.74) is 4.44. The maximum absolute atomic E-state index is 9.30. The van der Waals surface area contributed by atoms with E-state index in [4.69, 9.17) is 10.8 Å². The number of thioether (sulfide) groups is 1. The maximum atomic E-state index is 9.30. The minimum atomic E-state index is -1.17. The van der Waals surface area contributed by atoms with E-state index >= 15 is 0 Å². The van der Waals surface area contributed by atoms with Crippen LogP contribution in [0.4, 0.5) is 0 Å². The molecule has 72 valence electrons. The van der Waals surface area contributed by atoms with E-state index in [1.807, 2.05) is 0 Å². The highest BCUT2D eigenvalue weighted by molar-refractivity contribution is 8.00. The monoisotopic (exact) mass is 195 g/mol. The van der Waals surface area contributed by atoms with Gasteiger partial charge in [-0.2, -0.15) is 0 Å². The van der Waals surface area contributed by atoms with E-state index in [1.54, 1.807) is 0 Å². The molecule has 5 atom stereocenters. The lowest BCUT2D eigenvalue weighted by molar-refractivity contribution is -0.0279. The first-order valence-corrected chi connectivity index (χ1v) is 4.58. The van der Waals surface area contributed by atoms with E-state index in [2.05, 4.69) is 0 Å². The molecule has 1 aliphatic rings. The second kappa shape index (κ2) is 3.91. The van der Waals surface area contributed by atoms with Crippen molar-refractivity contribution in [2.75, 3.05) is 6.61 Å². The molecule has 0 amide bonds. The van der Waals surface area contributed by atoms with E-state index in [1.165, 1.54) is 0 Å². The molecule has 0 bridgehead atoms. The quantitative estimate of drug-likeness (QED) is 0.316. The number of aliphatic hydroxyl groups is 4. The van der Waals surface area contributed by atoms with E-state index in [9.17, 15) is 15.3 Å². The summed E-state index contributed by atoms with van der Waals surface area (Å²) in [6.45, 7) is -0.285. The Balaban J connectivity index is 2.63. The van der Waals surface area contributed by atoms with E-state index in [0.29, 0.717) is 0 Å². The molecule has 1 heterocycles. The summed E-state index contributed by atoms with van der Waals surface area (Å²) in [5.74, 6) is 0. The van der Waals surface area contributed by atoms with Crippen LogP contribution < -0.4 is 5.73 Å². The van der Waals surface area contributed by atoms with Gasteiger partial charge in [0.1, 0.15) is 5.44 Å². The zero-order chi connectivity index (χ0) is 9.30. The molecule has 1 aliphatic heterocycles. The van der Waals surface area contributed by atoms with Crippen LogP contribution in [0.2, 0.25) is 0 Å². The molecular formula is C6H13NO4S. The van der Waals surface area contributed by atoms with Gasteiger partial charge in [0.05, 0.1) is 30.1 Å². The summed E-state index contributed by atoms with van der Waals surface area (Å²) in [7, 11) is 0. The van der Waals surface area contributed by atoms with Gasteiger partial charge in [0.25, 0.3) is 0 Å². The average molecular weight is 195 g/mol. The van der Waals surface area contributed by atoms with Crippen LogP contribution in [0.3, 0.4) is 0 Å². The second-order valence-corrected chi connectivity index (χ2v) is 4.17. The molecule has 1 fully saturated rings. The Labute approximate surface area is 74.2 Å². The fourth-order valence-electron chi connectivity index (χ4n) is 1.12. The molecule has 1 rings (SSSR count). The first kappa shape index (κ1) is 10.2. The number of nitrogens with two attached hydrogens (primary N) is 1. The molecule has 1 saturated heterocycles. The number of rotatable bonds is 1. The van der Waals surface area contributed by atoms with Crippen molar-refractivity contribution in [1.82, 2.24) is 0 Å². The summed E-state index contributed by atoms with van der Waals surface area (Å²) in [6.07, 6.45) is -2.24. The van der Waals surface area contributed by atoms with Crippen LogP contribution in [-0.2, 0) is 0 Å². The van der Waals surface area contributed by atoms with Crippen molar-refractivity contribution in [3.05, 3.63) is 0 Å². The van der Waals surface area contributed by atoms with E-state index in [0.717, 1.165) is 11.8 Å². The van der Waals surface area contributed by atoms with Gasteiger partial charge in [0.2, 0.25) is 0 Å². The molecule has 6 N–H and O–H groups in total. The van der Waals surface area contributed by atoms with Crippen LogP contribution in [0.1, 0.15) is 0 Å². The fourth-order valence-corrected chi connectivity index (χ4v) is 2.23. The van der Waals surface area contributed by atoms with Crippen LogP contribution >= 0.6 is 11.8 Å². The topological polar surface area (TPSA) is 107 Å². The lowest BCUT2D eigenvalue weighted by atomic mass is 10.0. The summed E-state index contributed by atoms with van der Waals surface area (Å²) >= 11 is 0.977. The van der Waals surface area contributed by atoms with Gasteiger partial charge >= 0.3 is 0 Å². The van der Waals surface area contributed by atoms with Crippen molar-refractivity contribution < 1.29 is 20.4 Å². The number of aliphatic hydroxyl groups excluding tert-OH is 4. The van der Waals surface area contributed by atoms with Gasteiger partial charge in [-0.15, -0.1) is 11.8 Å². The van der Waals surface area contributed by atoms with Gasteiger partial charge in [-0.25, -0.2) is 0 Å². The lowest BCUT2D eigenvalue weighted by Gasteiger charge is -2.37. The van der Waals surface area contributed by atoms with Crippen LogP contribution in [0.25, 0.3) is 0 Å². The Morgan fingerprint density at radius 1 is 1.17 bits per heavy atom. The number of hydrogen-bond acceptors (Lipinski definition) is 6. The molecule has 0 aromatic heterocycles. The van der Waals surface area contributed by atoms with Crippen molar-refractivity contribution in [3.8, 4) is 0 Å². The van der Waals surface area contributed by atoms with Crippen molar-refractivity contribution in [1.29, 1.82) is 0 Å².